The second kappa shape index (κ2) is 17.2. The SMILES string of the molecule is C/C=C\C(C)/C(=C\N(C)C(C)CC(C)C)CC(C)C1=C(c2cc(C(C)C)ccn2)C=C2C(C1)SC(/C=C\C)[C@@H]2CC1=CCCCC1. The van der Waals surface area contributed by atoms with Crippen LogP contribution >= 0.6 is 11.8 Å². The van der Waals surface area contributed by atoms with Crippen LogP contribution in [0.25, 0.3) is 5.57 Å². The number of allylic oxidation sites excluding steroid dienone is 9. The molecule has 1 aromatic heterocycles. The van der Waals surface area contributed by atoms with E-state index in [1.165, 1.54) is 60.9 Å². The van der Waals surface area contributed by atoms with E-state index in [0.29, 0.717) is 46.1 Å². The highest BCUT2D eigenvalue weighted by molar-refractivity contribution is 8.01. The maximum atomic E-state index is 5.06. The van der Waals surface area contributed by atoms with Crippen LogP contribution in [-0.4, -0.2) is 33.5 Å². The molecule has 4 rings (SSSR count). The Hall–Kier alpha value is -2.26. The molecule has 5 unspecified atom stereocenters. The van der Waals surface area contributed by atoms with Crippen LogP contribution in [0.4, 0.5) is 0 Å². The summed E-state index contributed by atoms with van der Waals surface area (Å²) in [6.07, 6.45) is 29.0. The van der Waals surface area contributed by atoms with Gasteiger partial charge in [0, 0.05) is 35.7 Å². The zero-order valence-electron chi connectivity index (χ0n) is 30.9. The first-order valence-corrected chi connectivity index (χ1v) is 19.4. The van der Waals surface area contributed by atoms with Crippen LogP contribution < -0.4 is 0 Å². The molecule has 1 aliphatic heterocycles. The van der Waals surface area contributed by atoms with Gasteiger partial charge in [-0.05, 0) is 131 Å². The molecule has 1 aromatic rings. The molecule has 3 heteroatoms. The highest BCUT2D eigenvalue weighted by atomic mass is 32.2. The number of thioether (sulfide) groups is 1. The number of rotatable bonds is 14. The van der Waals surface area contributed by atoms with Crippen molar-refractivity contribution < 1.29 is 0 Å². The molecule has 0 amide bonds. The summed E-state index contributed by atoms with van der Waals surface area (Å²) in [5.41, 5.74) is 10.5. The molecule has 0 bridgehead atoms. The lowest BCUT2D eigenvalue weighted by molar-refractivity contribution is 0.299. The normalized spacial score (nSPS) is 24.5. The van der Waals surface area contributed by atoms with Crippen molar-refractivity contribution in [2.45, 2.75) is 136 Å². The zero-order valence-corrected chi connectivity index (χ0v) is 31.7. The van der Waals surface area contributed by atoms with Gasteiger partial charge in [-0.15, -0.1) is 11.8 Å². The Morgan fingerprint density at radius 2 is 1.85 bits per heavy atom. The molecule has 0 saturated carbocycles. The number of pyridine rings is 1. The Labute approximate surface area is 287 Å². The molecule has 1 fully saturated rings. The molecule has 2 nitrogen and oxygen atoms in total. The van der Waals surface area contributed by atoms with E-state index in [2.05, 4.69) is 141 Å². The van der Waals surface area contributed by atoms with Gasteiger partial charge in [-0.1, -0.05) is 94.7 Å². The van der Waals surface area contributed by atoms with Crippen LogP contribution in [0.2, 0.25) is 0 Å². The maximum absolute atomic E-state index is 5.06. The van der Waals surface area contributed by atoms with Crippen molar-refractivity contribution >= 4 is 17.3 Å². The predicted molar refractivity (Wildman–Crippen MR) is 205 cm³/mol. The molecule has 252 valence electrons. The molecule has 0 N–H and O–H groups in total. The largest absolute Gasteiger partial charge is 0.378 e. The highest BCUT2D eigenvalue weighted by Crippen LogP contribution is 2.53. The predicted octanol–water partition coefficient (Wildman–Crippen LogP) is 12.3. The molecule has 3 aliphatic rings. The summed E-state index contributed by atoms with van der Waals surface area (Å²) in [7, 11) is 2.28. The van der Waals surface area contributed by atoms with Crippen molar-refractivity contribution in [3.8, 4) is 0 Å². The summed E-state index contributed by atoms with van der Waals surface area (Å²) in [5.74, 6) is 2.61. The lowest BCUT2D eigenvalue weighted by Crippen LogP contribution is -2.26. The van der Waals surface area contributed by atoms with Crippen LogP contribution in [0.5, 0.6) is 0 Å². The minimum atomic E-state index is 0.412. The molecular formula is C43H64N2S. The Kier molecular flexibility index (Phi) is 13.7. The average Bonchev–Trinajstić information content (AvgIpc) is 3.35. The smallest absolute Gasteiger partial charge is 0.0704 e. The Balaban J connectivity index is 1.77. The summed E-state index contributed by atoms with van der Waals surface area (Å²) in [6.45, 7) is 20.9. The monoisotopic (exact) mass is 640 g/mol. The maximum Gasteiger partial charge on any atom is 0.0704 e. The van der Waals surface area contributed by atoms with Gasteiger partial charge in [0.05, 0.1) is 5.69 Å². The van der Waals surface area contributed by atoms with Crippen LogP contribution in [0.15, 0.2) is 83.3 Å². The minimum absolute atomic E-state index is 0.412. The van der Waals surface area contributed by atoms with Gasteiger partial charge in [0.2, 0.25) is 0 Å². The van der Waals surface area contributed by atoms with Crippen LogP contribution in [0.1, 0.15) is 131 Å². The lowest BCUT2D eigenvalue weighted by atomic mass is 9.75. The van der Waals surface area contributed by atoms with Gasteiger partial charge in [0.25, 0.3) is 0 Å². The first-order valence-electron chi connectivity index (χ1n) is 18.4. The van der Waals surface area contributed by atoms with Gasteiger partial charge >= 0.3 is 0 Å². The molecule has 0 aromatic carbocycles. The molecule has 46 heavy (non-hydrogen) atoms. The van der Waals surface area contributed by atoms with Crippen LogP contribution in [0, 0.1) is 23.7 Å². The first-order chi connectivity index (χ1) is 22.0. The summed E-state index contributed by atoms with van der Waals surface area (Å²) in [6, 6.07) is 5.11. The fraction of sp³-hybridized carbons (Fsp3) is 0.605. The van der Waals surface area contributed by atoms with Gasteiger partial charge in [-0.25, -0.2) is 0 Å². The molecular weight excluding hydrogens is 577 g/mol. The average molecular weight is 641 g/mol. The number of hydrogen-bond donors (Lipinski definition) is 0. The van der Waals surface area contributed by atoms with Crippen molar-refractivity contribution in [1.29, 1.82) is 0 Å². The van der Waals surface area contributed by atoms with E-state index >= 15 is 0 Å². The van der Waals surface area contributed by atoms with Crippen LogP contribution in [-0.2, 0) is 0 Å². The molecule has 1 saturated heterocycles. The Morgan fingerprint density at radius 1 is 1.07 bits per heavy atom. The van der Waals surface area contributed by atoms with E-state index in [4.69, 9.17) is 4.98 Å². The Bertz CT molecular complexity index is 1340. The van der Waals surface area contributed by atoms with E-state index in [1.54, 1.807) is 16.7 Å². The first kappa shape index (κ1) is 36.6. The zero-order chi connectivity index (χ0) is 33.4. The van der Waals surface area contributed by atoms with Gasteiger partial charge in [0.1, 0.15) is 0 Å². The molecule has 6 atom stereocenters. The fourth-order valence-electron chi connectivity index (χ4n) is 7.84. The summed E-state index contributed by atoms with van der Waals surface area (Å²) in [4.78, 5) is 7.54. The summed E-state index contributed by atoms with van der Waals surface area (Å²) < 4.78 is 0. The van der Waals surface area contributed by atoms with E-state index in [9.17, 15) is 0 Å². The topological polar surface area (TPSA) is 16.1 Å². The van der Waals surface area contributed by atoms with Crippen molar-refractivity contribution in [2.75, 3.05) is 7.05 Å². The van der Waals surface area contributed by atoms with Gasteiger partial charge < -0.3 is 4.90 Å². The van der Waals surface area contributed by atoms with E-state index in [1.807, 2.05) is 6.20 Å². The fourth-order valence-corrected chi connectivity index (χ4v) is 9.59. The number of aromatic nitrogens is 1. The molecule has 0 radical (unpaired) electrons. The summed E-state index contributed by atoms with van der Waals surface area (Å²) in [5, 5.41) is 1.11. The standard InChI is InChI=1S/C43H64N2S/c1-11-16-31(7)36(28-45(10)33(9)22-29(3)4)23-32(8)37-27-43-40(26-38(37)41-25-35(30(5)6)20-21-44-41)39(42(46-43)17-12-2)24-34-18-14-13-15-19-34/h11-12,16-18,20-21,25-26,28-33,39,42-43H,13-15,19,22-24,27H2,1-10H3/b16-11-,17-12-,36-28-/t31?,32?,33?,39-,42?,43?/m1/s1. The van der Waals surface area contributed by atoms with Crippen LogP contribution in [0.3, 0.4) is 0 Å². The van der Waals surface area contributed by atoms with Crippen molar-refractivity contribution in [2.24, 2.45) is 23.7 Å². The van der Waals surface area contributed by atoms with Crippen molar-refractivity contribution in [3.05, 3.63) is 94.5 Å². The van der Waals surface area contributed by atoms with E-state index < -0.39 is 0 Å². The summed E-state index contributed by atoms with van der Waals surface area (Å²) >= 11 is 2.22. The third-order valence-corrected chi connectivity index (χ3v) is 12.2. The van der Waals surface area contributed by atoms with Gasteiger partial charge in [0.15, 0.2) is 0 Å². The quantitative estimate of drug-likeness (QED) is 0.188. The number of nitrogens with zero attached hydrogens (tertiary/aromatic N) is 2. The van der Waals surface area contributed by atoms with E-state index in [0.717, 1.165) is 12.8 Å². The number of fused-ring (bicyclic) bond motifs is 1. The van der Waals surface area contributed by atoms with Crippen molar-refractivity contribution in [1.82, 2.24) is 9.88 Å². The van der Waals surface area contributed by atoms with Gasteiger partial charge in [-0.3, -0.25) is 4.98 Å². The lowest BCUT2D eigenvalue weighted by Gasteiger charge is -2.31. The van der Waals surface area contributed by atoms with E-state index in [-0.39, 0.29) is 0 Å². The van der Waals surface area contributed by atoms with Gasteiger partial charge in [-0.2, -0.15) is 0 Å². The third kappa shape index (κ3) is 9.42. The second-order valence-corrected chi connectivity index (χ2v) is 16.6. The molecule has 2 aliphatic carbocycles. The second-order valence-electron chi connectivity index (χ2n) is 15.2. The minimum Gasteiger partial charge on any atom is -0.378 e. The third-order valence-electron chi connectivity index (χ3n) is 10.6. The Morgan fingerprint density at radius 3 is 2.50 bits per heavy atom. The number of hydrogen-bond acceptors (Lipinski definition) is 3. The molecule has 2 heterocycles. The highest BCUT2D eigenvalue weighted by Gasteiger charge is 2.41. The van der Waals surface area contributed by atoms with Crippen molar-refractivity contribution in [3.63, 3.8) is 0 Å². The molecule has 0 spiro atoms.